The summed E-state index contributed by atoms with van der Waals surface area (Å²) in [7, 11) is 0. The van der Waals surface area contributed by atoms with E-state index in [1.54, 1.807) is 0 Å². The normalized spacial score (nSPS) is 14.9. The van der Waals surface area contributed by atoms with E-state index in [9.17, 15) is 4.79 Å². The van der Waals surface area contributed by atoms with Crippen LogP contribution in [0.15, 0.2) is 54.1 Å². The van der Waals surface area contributed by atoms with Gasteiger partial charge in [-0.2, -0.15) is 0 Å². The van der Waals surface area contributed by atoms with Gasteiger partial charge in [-0.05, 0) is 29.3 Å². The van der Waals surface area contributed by atoms with Gasteiger partial charge in [0.25, 0.3) is 0 Å². The van der Waals surface area contributed by atoms with E-state index in [4.69, 9.17) is 23.2 Å². The molecule has 4 heteroatoms. The van der Waals surface area contributed by atoms with E-state index >= 15 is 0 Å². The molecule has 0 N–H and O–H groups in total. The quantitative estimate of drug-likeness (QED) is 0.545. The first-order valence-corrected chi connectivity index (χ1v) is 9.10. The molecule has 124 valence electrons. The molecule has 2 aromatic rings. The highest BCUT2D eigenvalue weighted by atomic mass is 35.5. The largest absolute Gasteiger partial charge is 0.369 e. The Morgan fingerprint density at radius 3 is 2.25 bits per heavy atom. The topological polar surface area (TPSA) is 20.3 Å². The first-order chi connectivity index (χ1) is 11.7. The van der Waals surface area contributed by atoms with Crippen molar-refractivity contribution in [1.29, 1.82) is 0 Å². The number of anilines is 1. The standard InChI is InChI=1S/C20H19Cl2NO/c21-9-11-23(12-10-22)18-7-5-15(6-8-18)13-17-14-16-3-1-2-4-19(16)20(17)24/h1-8,13H,9-12,14H2/b17-13-. The second kappa shape index (κ2) is 7.87. The van der Waals surface area contributed by atoms with E-state index in [0.29, 0.717) is 18.2 Å². The van der Waals surface area contributed by atoms with Crippen LogP contribution in [0.25, 0.3) is 6.08 Å². The third-order valence-electron chi connectivity index (χ3n) is 4.24. The van der Waals surface area contributed by atoms with Crippen LogP contribution in [0.1, 0.15) is 21.5 Å². The van der Waals surface area contributed by atoms with Crippen molar-refractivity contribution >= 4 is 40.7 Å². The average molecular weight is 360 g/mol. The minimum absolute atomic E-state index is 0.139. The minimum Gasteiger partial charge on any atom is -0.369 e. The van der Waals surface area contributed by atoms with Crippen LogP contribution in [0, 0.1) is 0 Å². The van der Waals surface area contributed by atoms with Crippen LogP contribution in [-0.4, -0.2) is 30.6 Å². The maximum atomic E-state index is 12.4. The number of Topliss-reactive ketones (excluding diaryl/α,β-unsaturated/α-hetero) is 1. The van der Waals surface area contributed by atoms with Crippen molar-refractivity contribution in [2.45, 2.75) is 6.42 Å². The lowest BCUT2D eigenvalue weighted by molar-refractivity contribution is 0.104. The van der Waals surface area contributed by atoms with Crippen LogP contribution in [-0.2, 0) is 6.42 Å². The minimum atomic E-state index is 0.139. The Morgan fingerprint density at radius 2 is 1.62 bits per heavy atom. The van der Waals surface area contributed by atoms with Crippen molar-refractivity contribution < 1.29 is 4.79 Å². The molecule has 0 spiro atoms. The first kappa shape index (κ1) is 17.1. The van der Waals surface area contributed by atoms with E-state index in [1.807, 2.05) is 42.5 Å². The zero-order chi connectivity index (χ0) is 16.9. The van der Waals surface area contributed by atoms with Crippen LogP contribution in [0.4, 0.5) is 5.69 Å². The number of nitrogens with zero attached hydrogens (tertiary/aromatic N) is 1. The molecule has 0 heterocycles. The number of alkyl halides is 2. The molecule has 0 bridgehead atoms. The second-order valence-electron chi connectivity index (χ2n) is 5.79. The summed E-state index contributed by atoms with van der Waals surface area (Å²) in [4.78, 5) is 14.6. The van der Waals surface area contributed by atoms with Crippen molar-refractivity contribution in [1.82, 2.24) is 0 Å². The smallest absolute Gasteiger partial charge is 0.189 e. The summed E-state index contributed by atoms with van der Waals surface area (Å²) >= 11 is 11.7. The molecule has 0 amide bonds. The Labute approximate surface area is 152 Å². The number of benzene rings is 2. The molecule has 1 aliphatic carbocycles. The third-order valence-corrected chi connectivity index (χ3v) is 4.58. The SMILES string of the molecule is O=C1/C(=C\c2ccc(N(CCCl)CCCl)cc2)Cc2ccccc21. The molecule has 24 heavy (non-hydrogen) atoms. The fourth-order valence-corrected chi connectivity index (χ4v) is 3.44. The predicted octanol–water partition coefficient (Wildman–Crippen LogP) is 4.79. The highest BCUT2D eigenvalue weighted by Gasteiger charge is 2.23. The van der Waals surface area contributed by atoms with Gasteiger partial charge in [-0.3, -0.25) is 4.79 Å². The monoisotopic (exact) mass is 359 g/mol. The fraction of sp³-hybridized carbons (Fsp3) is 0.250. The number of carbonyl (C=O) groups is 1. The van der Waals surface area contributed by atoms with E-state index in [2.05, 4.69) is 17.0 Å². The van der Waals surface area contributed by atoms with Gasteiger partial charge in [0.2, 0.25) is 0 Å². The summed E-state index contributed by atoms with van der Waals surface area (Å²) in [5.74, 6) is 1.27. The van der Waals surface area contributed by atoms with E-state index in [-0.39, 0.29) is 5.78 Å². The Balaban J connectivity index is 1.78. The zero-order valence-corrected chi connectivity index (χ0v) is 14.9. The number of allylic oxidation sites excluding steroid dienone is 1. The number of carbonyl (C=O) groups excluding carboxylic acids is 1. The van der Waals surface area contributed by atoms with Crippen LogP contribution >= 0.6 is 23.2 Å². The molecule has 0 aliphatic heterocycles. The molecule has 2 aromatic carbocycles. The molecule has 0 fully saturated rings. The molecule has 0 saturated carbocycles. The van der Waals surface area contributed by atoms with Crippen LogP contribution < -0.4 is 4.90 Å². The van der Waals surface area contributed by atoms with Crippen molar-refractivity contribution in [3.63, 3.8) is 0 Å². The number of ketones is 1. The van der Waals surface area contributed by atoms with Gasteiger partial charge in [-0.15, -0.1) is 23.2 Å². The molecule has 0 radical (unpaired) electrons. The van der Waals surface area contributed by atoms with Gasteiger partial charge in [0.1, 0.15) is 0 Å². The molecule has 0 aromatic heterocycles. The number of hydrogen-bond donors (Lipinski definition) is 0. The Morgan fingerprint density at radius 1 is 0.958 bits per heavy atom. The van der Waals surface area contributed by atoms with Crippen molar-refractivity contribution in [2.24, 2.45) is 0 Å². The van der Waals surface area contributed by atoms with E-state index < -0.39 is 0 Å². The van der Waals surface area contributed by atoms with Gasteiger partial charge in [0, 0.05) is 48.1 Å². The van der Waals surface area contributed by atoms with Crippen molar-refractivity contribution in [2.75, 3.05) is 29.7 Å². The van der Waals surface area contributed by atoms with Crippen LogP contribution in [0.2, 0.25) is 0 Å². The molecule has 3 rings (SSSR count). The summed E-state index contributed by atoms with van der Waals surface area (Å²) in [5.41, 5.74) is 4.92. The molecule has 2 nitrogen and oxygen atoms in total. The first-order valence-electron chi connectivity index (χ1n) is 8.03. The van der Waals surface area contributed by atoms with Gasteiger partial charge >= 0.3 is 0 Å². The van der Waals surface area contributed by atoms with E-state index in [0.717, 1.165) is 41.0 Å². The van der Waals surface area contributed by atoms with Crippen molar-refractivity contribution in [3.8, 4) is 0 Å². The average Bonchev–Trinajstić information content (AvgIpc) is 2.92. The maximum absolute atomic E-state index is 12.4. The zero-order valence-electron chi connectivity index (χ0n) is 13.3. The Bertz CT molecular complexity index is 746. The highest BCUT2D eigenvalue weighted by molar-refractivity contribution is 6.18. The number of fused-ring (bicyclic) bond motifs is 1. The van der Waals surface area contributed by atoms with Gasteiger partial charge in [0.15, 0.2) is 5.78 Å². The summed E-state index contributed by atoms with van der Waals surface area (Å²) < 4.78 is 0. The number of halogens is 2. The van der Waals surface area contributed by atoms with Gasteiger partial charge in [-0.25, -0.2) is 0 Å². The van der Waals surface area contributed by atoms with Crippen LogP contribution in [0.3, 0.4) is 0 Å². The van der Waals surface area contributed by atoms with Gasteiger partial charge in [0.05, 0.1) is 0 Å². The molecule has 0 unspecified atom stereocenters. The molecular formula is C20H19Cl2NO. The summed E-state index contributed by atoms with van der Waals surface area (Å²) in [6, 6.07) is 16.0. The lowest BCUT2D eigenvalue weighted by atomic mass is 10.1. The van der Waals surface area contributed by atoms with E-state index in [1.165, 1.54) is 0 Å². The molecule has 0 saturated heterocycles. The van der Waals surface area contributed by atoms with Gasteiger partial charge in [-0.1, -0.05) is 36.4 Å². The molecular weight excluding hydrogens is 341 g/mol. The summed E-state index contributed by atoms with van der Waals surface area (Å²) in [6.07, 6.45) is 2.70. The fourth-order valence-electron chi connectivity index (χ4n) is 3.03. The third kappa shape index (κ3) is 3.66. The number of rotatable bonds is 6. The van der Waals surface area contributed by atoms with Gasteiger partial charge < -0.3 is 4.90 Å². The molecule has 1 aliphatic rings. The van der Waals surface area contributed by atoms with Crippen LogP contribution in [0.5, 0.6) is 0 Å². The Kier molecular flexibility index (Phi) is 5.60. The second-order valence-corrected chi connectivity index (χ2v) is 6.55. The lowest BCUT2D eigenvalue weighted by Gasteiger charge is -2.22. The maximum Gasteiger partial charge on any atom is 0.189 e. The Hall–Kier alpha value is -1.77. The number of hydrogen-bond acceptors (Lipinski definition) is 2. The molecule has 0 atom stereocenters. The highest BCUT2D eigenvalue weighted by Crippen LogP contribution is 2.28. The van der Waals surface area contributed by atoms with Crippen molar-refractivity contribution in [3.05, 3.63) is 70.8 Å². The predicted molar refractivity (Wildman–Crippen MR) is 103 cm³/mol. The lowest BCUT2D eigenvalue weighted by Crippen LogP contribution is -2.27. The summed E-state index contributed by atoms with van der Waals surface area (Å²) in [6.45, 7) is 1.53. The summed E-state index contributed by atoms with van der Waals surface area (Å²) in [5, 5.41) is 0.